The van der Waals surface area contributed by atoms with Gasteiger partial charge in [-0.2, -0.15) is 0 Å². The van der Waals surface area contributed by atoms with Crippen molar-refractivity contribution in [2.24, 2.45) is 5.41 Å². The first-order chi connectivity index (χ1) is 12.0. The van der Waals surface area contributed by atoms with Crippen molar-refractivity contribution >= 4 is 6.09 Å². The van der Waals surface area contributed by atoms with Gasteiger partial charge >= 0.3 is 6.09 Å². The van der Waals surface area contributed by atoms with E-state index in [0.717, 1.165) is 38.1 Å². The lowest BCUT2D eigenvalue weighted by atomic mass is 9.78. The lowest BCUT2D eigenvalue weighted by Crippen LogP contribution is -2.58. The number of benzene rings is 1. The SMILES string of the molecule is CC(C)(C)OC(=O)N1CC2(CCC(Oc3ccc(C(C)(C)C)cc3)C2)C1. The molecule has 1 unspecified atom stereocenters. The minimum atomic E-state index is -0.430. The molecule has 1 atom stereocenters. The summed E-state index contributed by atoms with van der Waals surface area (Å²) in [4.78, 5) is 14.0. The predicted octanol–water partition coefficient (Wildman–Crippen LogP) is 5.15. The van der Waals surface area contributed by atoms with Crippen LogP contribution in [0.15, 0.2) is 24.3 Å². The van der Waals surface area contributed by atoms with Crippen LogP contribution in [0.4, 0.5) is 4.79 Å². The van der Waals surface area contributed by atoms with Crippen molar-refractivity contribution < 1.29 is 14.3 Å². The Bertz CT molecular complexity index is 645. The molecule has 144 valence electrons. The molecule has 26 heavy (non-hydrogen) atoms. The number of amides is 1. The van der Waals surface area contributed by atoms with Gasteiger partial charge in [0.25, 0.3) is 0 Å². The molecule has 0 N–H and O–H groups in total. The molecule has 1 heterocycles. The second kappa shape index (κ2) is 6.47. The Kier molecular flexibility index (Phi) is 4.74. The first kappa shape index (κ1) is 19.1. The largest absolute Gasteiger partial charge is 0.490 e. The van der Waals surface area contributed by atoms with Gasteiger partial charge < -0.3 is 14.4 Å². The van der Waals surface area contributed by atoms with Crippen LogP contribution in [-0.4, -0.2) is 35.8 Å². The molecule has 4 heteroatoms. The number of hydrogen-bond acceptors (Lipinski definition) is 3. The minimum Gasteiger partial charge on any atom is -0.490 e. The fourth-order valence-corrected chi connectivity index (χ4v) is 3.99. The molecule has 1 saturated heterocycles. The van der Waals surface area contributed by atoms with Crippen molar-refractivity contribution in [3.8, 4) is 5.75 Å². The molecule has 2 aliphatic rings. The molecular formula is C22H33NO3. The lowest BCUT2D eigenvalue weighted by molar-refractivity contribution is -0.0350. The topological polar surface area (TPSA) is 38.8 Å². The zero-order valence-electron chi connectivity index (χ0n) is 17.1. The van der Waals surface area contributed by atoms with Crippen LogP contribution in [0.3, 0.4) is 0 Å². The highest BCUT2D eigenvalue weighted by atomic mass is 16.6. The van der Waals surface area contributed by atoms with E-state index in [9.17, 15) is 4.79 Å². The average Bonchev–Trinajstić information content (AvgIpc) is 2.87. The summed E-state index contributed by atoms with van der Waals surface area (Å²) < 4.78 is 11.7. The molecule has 1 saturated carbocycles. The fourth-order valence-electron chi connectivity index (χ4n) is 3.99. The van der Waals surface area contributed by atoms with Gasteiger partial charge in [-0.25, -0.2) is 4.79 Å². The van der Waals surface area contributed by atoms with Gasteiger partial charge in [-0.3, -0.25) is 0 Å². The van der Waals surface area contributed by atoms with Crippen LogP contribution >= 0.6 is 0 Å². The first-order valence-electron chi connectivity index (χ1n) is 9.71. The van der Waals surface area contributed by atoms with Gasteiger partial charge in [-0.15, -0.1) is 0 Å². The maximum atomic E-state index is 12.1. The highest BCUT2D eigenvalue weighted by Gasteiger charge is 2.51. The maximum Gasteiger partial charge on any atom is 0.410 e. The second-order valence-corrected chi connectivity index (χ2v) is 10.1. The Hall–Kier alpha value is -1.71. The van der Waals surface area contributed by atoms with Crippen molar-refractivity contribution in [2.75, 3.05) is 13.1 Å². The average molecular weight is 360 g/mol. The summed E-state index contributed by atoms with van der Waals surface area (Å²) in [6.07, 6.45) is 3.26. The van der Waals surface area contributed by atoms with E-state index < -0.39 is 5.60 Å². The lowest BCUT2D eigenvalue weighted by Gasteiger charge is -2.48. The summed E-state index contributed by atoms with van der Waals surface area (Å²) >= 11 is 0. The molecule has 1 aliphatic heterocycles. The standard InChI is InChI=1S/C22H33NO3/c1-20(2,3)16-7-9-17(10-8-16)25-18-11-12-22(13-18)14-23(15-22)19(24)26-21(4,5)6/h7-10,18H,11-15H2,1-6H3. The maximum absolute atomic E-state index is 12.1. The number of nitrogens with zero attached hydrogens (tertiary/aromatic N) is 1. The summed E-state index contributed by atoms with van der Waals surface area (Å²) in [5.74, 6) is 0.948. The zero-order chi connectivity index (χ0) is 19.2. The summed E-state index contributed by atoms with van der Waals surface area (Å²) in [7, 11) is 0. The molecule has 3 rings (SSSR count). The Labute approximate surface area is 157 Å². The molecule has 0 bridgehead atoms. The second-order valence-electron chi connectivity index (χ2n) is 10.1. The van der Waals surface area contributed by atoms with Crippen molar-refractivity contribution in [1.82, 2.24) is 4.90 Å². The van der Waals surface area contributed by atoms with Gasteiger partial charge in [0.15, 0.2) is 0 Å². The van der Waals surface area contributed by atoms with E-state index in [-0.39, 0.29) is 23.0 Å². The molecule has 1 amide bonds. The molecule has 0 radical (unpaired) electrons. The van der Waals surface area contributed by atoms with E-state index in [1.807, 2.05) is 25.7 Å². The predicted molar refractivity (Wildman–Crippen MR) is 104 cm³/mol. The third-order valence-electron chi connectivity index (χ3n) is 5.38. The van der Waals surface area contributed by atoms with Gasteiger partial charge in [0.05, 0.1) is 6.10 Å². The Morgan fingerprint density at radius 1 is 1.08 bits per heavy atom. The number of likely N-dealkylation sites (tertiary alicyclic amines) is 1. The molecule has 1 aromatic rings. The number of ether oxygens (including phenoxy) is 2. The van der Waals surface area contributed by atoms with Crippen molar-refractivity contribution in [3.05, 3.63) is 29.8 Å². The van der Waals surface area contributed by atoms with Crippen LogP contribution in [-0.2, 0) is 10.2 Å². The van der Waals surface area contributed by atoms with Crippen molar-refractivity contribution in [3.63, 3.8) is 0 Å². The molecule has 2 fully saturated rings. The van der Waals surface area contributed by atoms with Gasteiger partial charge in [0.1, 0.15) is 11.4 Å². The summed E-state index contributed by atoms with van der Waals surface area (Å²) in [5.41, 5.74) is 1.28. The van der Waals surface area contributed by atoms with Gasteiger partial charge in [-0.05, 0) is 63.1 Å². The Balaban J connectivity index is 1.50. The number of rotatable bonds is 2. The van der Waals surface area contributed by atoms with Crippen LogP contribution in [0.5, 0.6) is 5.75 Å². The van der Waals surface area contributed by atoms with Crippen LogP contribution in [0, 0.1) is 5.41 Å². The molecular weight excluding hydrogens is 326 g/mol. The third kappa shape index (κ3) is 4.33. The molecule has 0 aromatic heterocycles. The summed E-state index contributed by atoms with van der Waals surface area (Å²) in [5, 5.41) is 0. The first-order valence-corrected chi connectivity index (χ1v) is 9.71. The molecule has 4 nitrogen and oxygen atoms in total. The normalized spacial score (nSPS) is 22.2. The number of hydrogen-bond donors (Lipinski definition) is 0. The molecule has 1 spiro atoms. The quantitative estimate of drug-likeness (QED) is 0.733. The van der Waals surface area contributed by atoms with E-state index in [4.69, 9.17) is 9.47 Å². The molecule has 1 aliphatic carbocycles. The molecule has 1 aromatic carbocycles. The fraction of sp³-hybridized carbons (Fsp3) is 0.682. The van der Waals surface area contributed by atoms with Crippen LogP contribution in [0.2, 0.25) is 0 Å². The van der Waals surface area contributed by atoms with Crippen LogP contribution < -0.4 is 4.74 Å². The Morgan fingerprint density at radius 2 is 1.69 bits per heavy atom. The Morgan fingerprint density at radius 3 is 2.23 bits per heavy atom. The van der Waals surface area contributed by atoms with Gasteiger partial charge in [0, 0.05) is 18.5 Å². The van der Waals surface area contributed by atoms with E-state index in [2.05, 4.69) is 45.0 Å². The van der Waals surface area contributed by atoms with Gasteiger partial charge in [-0.1, -0.05) is 32.9 Å². The highest BCUT2D eigenvalue weighted by Crippen LogP contribution is 2.47. The van der Waals surface area contributed by atoms with E-state index in [1.165, 1.54) is 5.56 Å². The zero-order valence-corrected chi connectivity index (χ0v) is 17.1. The van der Waals surface area contributed by atoms with E-state index in [1.54, 1.807) is 0 Å². The summed E-state index contributed by atoms with van der Waals surface area (Å²) in [6.45, 7) is 14.0. The summed E-state index contributed by atoms with van der Waals surface area (Å²) in [6, 6.07) is 8.49. The monoisotopic (exact) mass is 359 g/mol. The van der Waals surface area contributed by atoms with E-state index in [0.29, 0.717) is 0 Å². The third-order valence-corrected chi connectivity index (χ3v) is 5.38. The van der Waals surface area contributed by atoms with E-state index >= 15 is 0 Å². The van der Waals surface area contributed by atoms with Gasteiger partial charge in [0.2, 0.25) is 0 Å². The number of carbonyl (C=O) groups is 1. The van der Waals surface area contributed by atoms with Crippen molar-refractivity contribution in [2.45, 2.75) is 77.9 Å². The van der Waals surface area contributed by atoms with Crippen LogP contribution in [0.1, 0.15) is 66.4 Å². The minimum absolute atomic E-state index is 0.160. The van der Waals surface area contributed by atoms with Crippen LogP contribution in [0.25, 0.3) is 0 Å². The van der Waals surface area contributed by atoms with Crippen molar-refractivity contribution in [1.29, 1.82) is 0 Å². The number of carbonyl (C=O) groups excluding carboxylic acids is 1. The highest BCUT2D eigenvalue weighted by molar-refractivity contribution is 5.69. The smallest absolute Gasteiger partial charge is 0.410 e.